The lowest BCUT2D eigenvalue weighted by atomic mass is 10.2. The minimum atomic E-state index is -0.439. The molecule has 6 nitrogen and oxygen atoms in total. The number of ether oxygens (including phenoxy) is 1. The molecule has 136 valence electrons. The monoisotopic (exact) mass is 353 g/mol. The lowest BCUT2D eigenvalue weighted by Gasteiger charge is -2.21. The minimum absolute atomic E-state index is 0.0929. The molecule has 0 bridgehead atoms. The van der Waals surface area contributed by atoms with Crippen LogP contribution in [-0.4, -0.2) is 31.5 Å². The molecule has 2 aromatic rings. The Kier molecular flexibility index (Phi) is 5.41. The number of hydrogen-bond acceptors (Lipinski definition) is 4. The molecule has 2 N–H and O–H groups in total. The molecule has 1 unspecified atom stereocenters. The van der Waals surface area contributed by atoms with Gasteiger partial charge in [-0.25, -0.2) is 0 Å². The first-order chi connectivity index (χ1) is 12.6. The van der Waals surface area contributed by atoms with E-state index in [-0.39, 0.29) is 11.8 Å². The standard InChI is InChI=1S/C20H23N3O3/c1-14(20(25)22-15-7-4-3-5-8-15)21-16-10-11-18(26-2)17(13-16)23-12-6-9-19(23)24/h3-5,7-8,10-11,13-14,21H,6,9,12H2,1-2H3,(H,22,25). The van der Waals surface area contributed by atoms with Gasteiger partial charge in [-0.3, -0.25) is 9.59 Å². The van der Waals surface area contributed by atoms with Crippen molar-refractivity contribution in [2.24, 2.45) is 0 Å². The lowest BCUT2D eigenvalue weighted by molar-refractivity contribution is -0.117. The van der Waals surface area contributed by atoms with Gasteiger partial charge < -0.3 is 20.3 Å². The third kappa shape index (κ3) is 3.96. The summed E-state index contributed by atoms with van der Waals surface area (Å²) in [5.74, 6) is 0.605. The second-order valence-corrected chi connectivity index (χ2v) is 6.26. The van der Waals surface area contributed by atoms with Crippen LogP contribution < -0.4 is 20.3 Å². The number of amides is 2. The molecule has 0 aliphatic carbocycles. The smallest absolute Gasteiger partial charge is 0.246 e. The molecular weight excluding hydrogens is 330 g/mol. The van der Waals surface area contributed by atoms with Crippen LogP contribution in [0.5, 0.6) is 5.75 Å². The highest BCUT2D eigenvalue weighted by Crippen LogP contribution is 2.34. The van der Waals surface area contributed by atoms with Crippen LogP contribution in [0.15, 0.2) is 48.5 Å². The molecule has 0 radical (unpaired) electrons. The van der Waals surface area contributed by atoms with E-state index in [2.05, 4.69) is 10.6 Å². The predicted octanol–water partition coefficient (Wildman–Crippen LogP) is 3.26. The van der Waals surface area contributed by atoms with Crippen LogP contribution in [0.1, 0.15) is 19.8 Å². The average molecular weight is 353 g/mol. The van der Waals surface area contributed by atoms with E-state index in [1.807, 2.05) is 48.5 Å². The molecule has 0 aromatic heterocycles. The molecule has 2 amide bonds. The summed E-state index contributed by atoms with van der Waals surface area (Å²) < 4.78 is 5.39. The van der Waals surface area contributed by atoms with Crippen LogP contribution >= 0.6 is 0 Å². The van der Waals surface area contributed by atoms with Gasteiger partial charge in [0.25, 0.3) is 0 Å². The number of carbonyl (C=O) groups excluding carboxylic acids is 2. The molecule has 1 aliphatic heterocycles. The van der Waals surface area contributed by atoms with Crippen molar-refractivity contribution in [3.63, 3.8) is 0 Å². The Bertz CT molecular complexity index is 792. The van der Waals surface area contributed by atoms with Gasteiger partial charge in [0.15, 0.2) is 0 Å². The van der Waals surface area contributed by atoms with Crippen LogP contribution in [0.4, 0.5) is 17.1 Å². The number of benzene rings is 2. The van der Waals surface area contributed by atoms with E-state index >= 15 is 0 Å². The molecule has 26 heavy (non-hydrogen) atoms. The highest BCUT2D eigenvalue weighted by molar-refractivity contribution is 5.98. The molecule has 3 rings (SSSR count). The lowest BCUT2D eigenvalue weighted by Crippen LogP contribution is -2.32. The molecule has 0 spiro atoms. The third-order valence-electron chi connectivity index (χ3n) is 4.36. The van der Waals surface area contributed by atoms with Crippen molar-refractivity contribution >= 4 is 28.9 Å². The van der Waals surface area contributed by atoms with Gasteiger partial charge in [0, 0.05) is 24.3 Å². The quantitative estimate of drug-likeness (QED) is 0.836. The highest BCUT2D eigenvalue weighted by Gasteiger charge is 2.25. The van der Waals surface area contributed by atoms with Gasteiger partial charge >= 0.3 is 0 Å². The largest absolute Gasteiger partial charge is 0.495 e. The molecular formula is C20H23N3O3. The van der Waals surface area contributed by atoms with Crippen LogP contribution in [0, 0.1) is 0 Å². The van der Waals surface area contributed by atoms with Crippen LogP contribution in [0.2, 0.25) is 0 Å². The summed E-state index contributed by atoms with van der Waals surface area (Å²) in [6.45, 7) is 2.48. The number of carbonyl (C=O) groups is 2. The number of nitrogens with zero attached hydrogens (tertiary/aromatic N) is 1. The molecule has 1 saturated heterocycles. The third-order valence-corrected chi connectivity index (χ3v) is 4.36. The van der Waals surface area contributed by atoms with Crippen molar-refractivity contribution in [3.05, 3.63) is 48.5 Å². The van der Waals surface area contributed by atoms with E-state index in [0.717, 1.165) is 23.5 Å². The number of nitrogens with one attached hydrogen (secondary N) is 2. The van der Waals surface area contributed by atoms with Gasteiger partial charge in [-0.15, -0.1) is 0 Å². The van der Waals surface area contributed by atoms with E-state index in [4.69, 9.17) is 4.74 Å². The first-order valence-electron chi connectivity index (χ1n) is 8.69. The van der Waals surface area contributed by atoms with Gasteiger partial charge in [-0.1, -0.05) is 18.2 Å². The van der Waals surface area contributed by atoms with E-state index in [1.54, 1.807) is 18.9 Å². The number of rotatable bonds is 6. The van der Waals surface area contributed by atoms with Crippen LogP contribution in [0.25, 0.3) is 0 Å². The Hall–Kier alpha value is -3.02. The van der Waals surface area contributed by atoms with Crippen molar-refractivity contribution in [2.75, 3.05) is 29.2 Å². The zero-order chi connectivity index (χ0) is 18.5. The summed E-state index contributed by atoms with van der Waals surface area (Å²) in [6, 6.07) is 14.4. The molecule has 1 aliphatic rings. The van der Waals surface area contributed by atoms with E-state index in [0.29, 0.717) is 18.7 Å². The van der Waals surface area contributed by atoms with Crippen molar-refractivity contribution < 1.29 is 14.3 Å². The SMILES string of the molecule is COc1ccc(NC(C)C(=O)Nc2ccccc2)cc1N1CCCC1=O. The Morgan fingerprint density at radius 3 is 2.58 bits per heavy atom. The Morgan fingerprint density at radius 1 is 1.15 bits per heavy atom. The summed E-state index contributed by atoms with van der Waals surface area (Å²) in [6.07, 6.45) is 1.40. The average Bonchev–Trinajstić information content (AvgIpc) is 3.08. The number of hydrogen-bond donors (Lipinski definition) is 2. The number of anilines is 3. The van der Waals surface area contributed by atoms with Crippen LogP contribution in [0.3, 0.4) is 0 Å². The summed E-state index contributed by atoms with van der Waals surface area (Å²) >= 11 is 0. The van der Waals surface area contributed by atoms with E-state index in [1.165, 1.54) is 0 Å². The van der Waals surface area contributed by atoms with Crippen molar-refractivity contribution in [3.8, 4) is 5.75 Å². The van der Waals surface area contributed by atoms with Gasteiger partial charge in [-0.05, 0) is 43.7 Å². The summed E-state index contributed by atoms with van der Waals surface area (Å²) in [5.41, 5.74) is 2.25. The van der Waals surface area contributed by atoms with Gasteiger partial charge in [0.2, 0.25) is 11.8 Å². The maximum absolute atomic E-state index is 12.4. The Balaban J connectivity index is 1.72. The fourth-order valence-electron chi connectivity index (χ4n) is 2.98. The normalized spacial score (nSPS) is 14.8. The molecule has 2 aromatic carbocycles. The molecule has 1 heterocycles. The molecule has 6 heteroatoms. The molecule has 0 saturated carbocycles. The Morgan fingerprint density at radius 2 is 1.92 bits per heavy atom. The summed E-state index contributed by atoms with van der Waals surface area (Å²) in [5, 5.41) is 6.06. The second-order valence-electron chi connectivity index (χ2n) is 6.26. The van der Waals surface area contributed by atoms with Crippen molar-refractivity contribution in [1.82, 2.24) is 0 Å². The number of para-hydroxylation sites is 1. The predicted molar refractivity (Wildman–Crippen MR) is 103 cm³/mol. The highest BCUT2D eigenvalue weighted by atomic mass is 16.5. The zero-order valence-electron chi connectivity index (χ0n) is 15.0. The number of methoxy groups -OCH3 is 1. The second kappa shape index (κ2) is 7.91. The first-order valence-corrected chi connectivity index (χ1v) is 8.69. The maximum Gasteiger partial charge on any atom is 0.246 e. The fraction of sp³-hybridized carbons (Fsp3) is 0.300. The fourth-order valence-corrected chi connectivity index (χ4v) is 2.98. The summed E-state index contributed by atoms with van der Waals surface area (Å²) in [7, 11) is 1.59. The van der Waals surface area contributed by atoms with Gasteiger partial charge in [0.05, 0.1) is 12.8 Å². The summed E-state index contributed by atoms with van der Waals surface area (Å²) in [4.78, 5) is 26.2. The molecule has 1 atom stereocenters. The zero-order valence-corrected chi connectivity index (χ0v) is 15.0. The maximum atomic E-state index is 12.4. The Labute approximate surface area is 153 Å². The van der Waals surface area contributed by atoms with Crippen molar-refractivity contribution in [2.45, 2.75) is 25.8 Å². The van der Waals surface area contributed by atoms with Gasteiger partial charge in [0.1, 0.15) is 11.8 Å². The molecule has 1 fully saturated rings. The van der Waals surface area contributed by atoms with E-state index in [9.17, 15) is 9.59 Å². The van der Waals surface area contributed by atoms with Crippen LogP contribution in [-0.2, 0) is 9.59 Å². The first kappa shape index (κ1) is 17.8. The topological polar surface area (TPSA) is 70.7 Å². The van der Waals surface area contributed by atoms with Crippen molar-refractivity contribution in [1.29, 1.82) is 0 Å². The minimum Gasteiger partial charge on any atom is -0.495 e. The van der Waals surface area contributed by atoms with Gasteiger partial charge in [-0.2, -0.15) is 0 Å². The van der Waals surface area contributed by atoms with E-state index < -0.39 is 6.04 Å².